The summed E-state index contributed by atoms with van der Waals surface area (Å²) in [5.74, 6) is 0. The largest absolute Gasteiger partial charge is 0.135 e. The predicted octanol–water partition coefficient (Wildman–Crippen LogP) is 17.7. The van der Waals surface area contributed by atoms with E-state index in [-0.39, 0.29) is 0 Å². The summed E-state index contributed by atoms with van der Waals surface area (Å²) in [7, 11) is 0. The Kier molecular flexibility index (Phi) is 7.45. The third-order valence-electron chi connectivity index (χ3n) is 12.6. The van der Waals surface area contributed by atoms with Crippen LogP contribution in [0.2, 0.25) is 0 Å². The zero-order chi connectivity index (χ0) is 39.3. The molecule has 11 aromatic carbocycles. The van der Waals surface area contributed by atoms with E-state index in [1.807, 2.05) is 22.7 Å². The van der Waals surface area contributed by atoms with Crippen LogP contribution in [-0.4, -0.2) is 0 Å². The molecule has 0 saturated carbocycles. The van der Waals surface area contributed by atoms with Crippen molar-refractivity contribution in [2.24, 2.45) is 0 Å². The number of fused-ring (bicyclic) bond motifs is 10. The van der Waals surface area contributed by atoms with Crippen molar-refractivity contribution < 1.29 is 0 Å². The maximum absolute atomic E-state index is 2.48. The zero-order valence-electron chi connectivity index (χ0n) is 32.4. The van der Waals surface area contributed by atoms with Crippen molar-refractivity contribution in [1.82, 2.24) is 0 Å². The maximum atomic E-state index is 2.48. The van der Waals surface area contributed by atoms with E-state index in [0.717, 1.165) is 0 Å². The van der Waals surface area contributed by atoms with Gasteiger partial charge in [-0.05, 0) is 124 Å². The lowest BCUT2D eigenvalue weighted by atomic mass is 9.84. The van der Waals surface area contributed by atoms with Gasteiger partial charge in [-0.2, -0.15) is 0 Å². The van der Waals surface area contributed by atoms with Crippen molar-refractivity contribution in [3.8, 4) is 44.5 Å². The van der Waals surface area contributed by atoms with Crippen molar-refractivity contribution in [3.63, 3.8) is 0 Å². The molecule has 0 aliphatic carbocycles. The molecule has 0 amide bonds. The predicted molar refractivity (Wildman–Crippen MR) is 264 cm³/mol. The summed E-state index contributed by atoms with van der Waals surface area (Å²) in [6.07, 6.45) is 0. The maximum Gasteiger partial charge on any atom is 0.0361 e. The smallest absolute Gasteiger partial charge is 0.0361 e. The fourth-order valence-electron chi connectivity index (χ4n) is 10.2. The van der Waals surface area contributed by atoms with E-state index >= 15 is 0 Å². The van der Waals surface area contributed by atoms with E-state index in [4.69, 9.17) is 0 Å². The van der Waals surface area contributed by atoms with Crippen LogP contribution >= 0.6 is 22.7 Å². The molecule has 60 heavy (non-hydrogen) atoms. The summed E-state index contributed by atoms with van der Waals surface area (Å²) in [5, 5.41) is 15.5. The van der Waals surface area contributed by atoms with E-state index in [1.165, 1.54) is 128 Å². The van der Waals surface area contributed by atoms with Crippen LogP contribution in [-0.2, 0) is 0 Å². The Morgan fingerprint density at radius 1 is 0.217 bits per heavy atom. The Morgan fingerprint density at radius 3 is 1.15 bits per heavy atom. The molecule has 278 valence electrons. The number of rotatable bonds is 4. The Labute approximate surface area is 354 Å². The van der Waals surface area contributed by atoms with Gasteiger partial charge < -0.3 is 0 Å². The van der Waals surface area contributed by atoms with Crippen LogP contribution in [0.5, 0.6) is 0 Å². The summed E-state index contributed by atoms with van der Waals surface area (Å²) in [4.78, 5) is 0. The second-order valence-electron chi connectivity index (χ2n) is 15.8. The SMILES string of the molecule is c1ccc(-c2c3ccccc3c(-c3ccc4sc5cccc(-c6c7ccccc7c(-c7ccc8sc9ccccc9c8c7)c7ccccc67)c5c4c3)c3ccccc23)cc1. The van der Waals surface area contributed by atoms with Crippen molar-refractivity contribution >= 4 is 106 Å². The third-order valence-corrected chi connectivity index (χ3v) is 14.9. The van der Waals surface area contributed by atoms with Gasteiger partial charge in [0.2, 0.25) is 0 Å². The standard InChI is InChI=1S/C58H34S2/c1-2-15-35(16-3-1)54-39-18-4-6-20-41(39)56(42-21-7-5-19-40(42)54)37-30-32-52-49(34-37)58-47(26-14-28-53(58)60-52)57-45-24-10-8-22-43(45)55(44-23-9-11-25-46(44)57)36-29-31-51-48(33-36)38-17-12-13-27-50(38)59-51/h1-34H. The summed E-state index contributed by atoms with van der Waals surface area (Å²) < 4.78 is 5.27. The third kappa shape index (κ3) is 4.96. The van der Waals surface area contributed by atoms with Crippen LogP contribution in [0.25, 0.3) is 128 Å². The van der Waals surface area contributed by atoms with Crippen LogP contribution in [0.15, 0.2) is 206 Å². The van der Waals surface area contributed by atoms with Crippen LogP contribution in [0.1, 0.15) is 0 Å². The second-order valence-corrected chi connectivity index (χ2v) is 18.0. The van der Waals surface area contributed by atoms with Gasteiger partial charge in [-0.1, -0.05) is 170 Å². The Bertz CT molecular complexity index is 3770. The monoisotopic (exact) mass is 794 g/mol. The molecular weight excluding hydrogens is 761 g/mol. The molecule has 0 fully saturated rings. The molecular formula is C58H34S2. The average Bonchev–Trinajstić information content (AvgIpc) is 3.88. The Balaban J connectivity index is 1.08. The lowest BCUT2D eigenvalue weighted by Crippen LogP contribution is -1.91. The van der Waals surface area contributed by atoms with Gasteiger partial charge >= 0.3 is 0 Å². The molecule has 0 atom stereocenters. The van der Waals surface area contributed by atoms with Crippen LogP contribution in [0, 0.1) is 0 Å². The molecule has 13 rings (SSSR count). The summed E-state index contributed by atoms with van der Waals surface area (Å²) in [6, 6.07) is 77.0. The number of hydrogen-bond acceptors (Lipinski definition) is 2. The molecule has 0 unspecified atom stereocenters. The lowest BCUT2D eigenvalue weighted by molar-refractivity contribution is 1.66. The van der Waals surface area contributed by atoms with Gasteiger partial charge in [-0.25, -0.2) is 0 Å². The minimum atomic E-state index is 1.24. The highest BCUT2D eigenvalue weighted by molar-refractivity contribution is 7.26. The summed E-state index contributed by atoms with van der Waals surface area (Å²) >= 11 is 3.77. The molecule has 2 heteroatoms. The van der Waals surface area contributed by atoms with Crippen molar-refractivity contribution in [2.45, 2.75) is 0 Å². The molecule has 13 aromatic rings. The molecule has 0 bridgehead atoms. The van der Waals surface area contributed by atoms with Gasteiger partial charge in [0.05, 0.1) is 0 Å². The van der Waals surface area contributed by atoms with Gasteiger partial charge in [-0.3, -0.25) is 0 Å². The van der Waals surface area contributed by atoms with E-state index in [1.54, 1.807) is 0 Å². The first kappa shape index (κ1) is 33.8. The minimum absolute atomic E-state index is 1.24. The van der Waals surface area contributed by atoms with E-state index in [2.05, 4.69) is 206 Å². The fourth-order valence-corrected chi connectivity index (χ4v) is 12.4. The van der Waals surface area contributed by atoms with Crippen LogP contribution < -0.4 is 0 Å². The lowest BCUT2D eigenvalue weighted by Gasteiger charge is -2.19. The van der Waals surface area contributed by atoms with Gasteiger partial charge in [0, 0.05) is 40.3 Å². The van der Waals surface area contributed by atoms with E-state index < -0.39 is 0 Å². The molecule has 2 aromatic heterocycles. The number of hydrogen-bond donors (Lipinski definition) is 0. The highest BCUT2D eigenvalue weighted by Gasteiger charge is 2.22. The average molecular weight is 795 g/mol. The van der Waals surface area contributed by atoms with Crippen molar-refractivity contribution in [2.75, 3.05) is 0 Å². The summed E-state index contributed by atoms with van der Waals surface area (Å²) in [6.45, 7) is 0. The zero-order valence-corrected chi connectivity index (χ0v) is 34.1. The fraction of sp³-hybridized carbons (Fsp3) is 0. The van der Waals surface area contributed by atoms with E-state index in [9.17, 15) is 0 Å². The molecule has 0 spiro atoms. The van der Waals surface area contributed by atoms with Crippen LogP contribution in [0.3, 0.4) is 0 Å². The van der Waals surface area contributed by atoms with Gasteiger partial charge in [0.1, 0.15) is 0 Å². The van der Waals surface area contributed by atoms with E-state index in [0.29, 0.717) is 0 Å². The first-order valence-electron chi connectivity index (χ1n) is 20.6. The molecule has 0 nitrogen and oxygen atoms in total. The normalized spacial score (nSPS) is 12.0. The first-order valence-corrected chi connectivity index (χ1v) is 22.2. The van der Waals surface area contributed by atoms with Crippen molar-refractivity contribution in [3.05, 3.63) is 206 Å². The topological polar surface area (TPSA) is 0 Å². The molecule has 0 aliphatic rings. The molecule has 0 radical (unpaired) electrons. The quantitative estimate of drug-likeness (QED) is 0.156. The second kappa shape index (κ2) is 13.2. The van der Waals surface area contributed by atoms with Gasteiger partial charge in [0.25, 0.3) is 0 Å². The highest BCUT2D eigenvalue weighted by Crippen LogP contribution is 2.50. The molecule has 0 N–H and O–H groups in total. The van der Waals surface area contributed by atoms with Gasteiger partial charge in [0.15, 0.2) is 0 Å². The minimum Gasteiger partial charge on any atom is -0.135 e. The first-order chi connectivity index (χ1) is 29.8. The highest BCUT2D eigenvalue weighted by atomic mass is 32.1. The summed E-state index contributed by atoms with van der Waals surface area (Å²) in [5.41, 5.74) is 10.2. The van der Waals surface area contributed by atoms with Crippen molar-refractivity contribution in [1.29, 1.82) is 0 Å². The number of thiophene rings is 2. The molecule has 0 saturated heterocycles. The molecule has 2 heterocycles. The number of benzene rings is 11. The van der Waals surface area contributed by atoms with Gasteiger partial charge in [-0.15, -0.1) is 22.7 Å². The Morgan fingerprint density at radius 2 is 0.600 bits per heavy atom. The Hall–Kier alpha value is -7.10. The van der Waals surface area contributed by atoms with Crippen LogP contribution in [0.4, 0.5) is 0 Å². The molecule has 0 aliphatic heterocycles.